The van der Waals surface area contributed by atoms with E-state index >= 15 is 0 Å². The zero-order valence-electron chi connectivity index (χ0n) is 12.4. The molecule has 0 aliphatic heterocycles. The molecule has 0 aliphatic rings. The zero-order valence-corrected chi connectivity index (χ0v) is 12.4. The SMILES string of the molecule is COc1ccc(C/C(=C/c2ccncc2)C(=O)O)cc1OC. The van der Waals surface area contributed by atoms with E-state index < -0.39 is 5.97 Å². The molecule has 1 heterocycles. The van der Waals surface area contributed by atoms with Gasteiger partial charge in [0, 0.05) is 24.4 Å². The summed E-state index contributed by atoms with van der Waals surface area (Å²) >= 11 is 0. The minimum Gasteiger partial charge on any atom is -0.493 e. The molecule has 2 aromatic rings. The Labute approximate surface area is 128 Å². The molecule has 1 aromatic carbocycles. The van der Waals surface area contributed by atoms with E-state index in [1.165, 1.54) is 0 Å². The molecule has 0 spiro atoms. The number of hydrogen-bond acceptors (Lipinski definition) is 4. The number of benzene rings is 1. The summed E-state index contributed by atoms with van der Waals surface area (Å²) in [5, 5.41) is 9.38. The third-order valence-corrected chi connectivity index (χ3v) is 3.16. The summed E-state index contributed by atoms with van der Waals surface area (Å²) in [5.74, 6) is 0.237. The van der Waals surface area contributed by atoms with E-state index in [1.54, 1.807) is 57.0 Å². The lowest BCUT2D eigenvalue weighted by atomic mass is 10.0. The van der Waals surface area contributed by atoms with Crippen LogP contribution in [0, 0.1) is 0 Å². The van der Waals surface area contributed by atoms with Gasteiger partial charge in [0.25, 0.3) is 0 Å². The van der Waals surface area contributed by atoms with Crippen LogP contribution in [-0.4, -0.2) is 30.3 Å². The van der Waals surface area contributed by atoms with Gasteiger partial charge in [0.05, 0.1) is 14.2 Å². The van der Waals surface area contributed by atoms with Crippen LogP contribution in [0.2, 0.25) is 0 Å². The average Bonchev–Trinajstić information content (AvgIpc) is 2.55. The lowest BCUT2D eigenvalue weighted by Gasteiger charge is -2.10. The first-order valence-electron chi connectivity index (χ1n) is 6.69. The Balaban J connectivity index is 2.29. The number of aromatic nitrogens is 1. The molecule has 0 aliphatic carbocycles. The van der Waals surface area contributed by atoms with Crippen LogP contribution in [0.5, 0.6) is 11.5 Å². The van der Waals surface area contributed by atoms with Crippen LogP contribution in [0.1, 0.15) is 11.1 Å². The maximum atomic E-state index is 11.4. The molecule has 114 valence electrons. The van der Waals surface area contributed by atoms with Crippen molar-refractivity contribution in [2.24, 2.45) is 0 Å². The van der Waals surface area contributed by atoms with Crippen LogP contribution >= 0.6 is 0 Å². The van der Waals surface area contributed by atoms with Gasteiger partial charge in [0.1, 0.15) is 0 Å². The van der Waals surface area contributed by atoms with Crippen molar-refractivity contribution in [2.45, 2.75) is 6.42 Å². The van der Waals surface area contributed by atoms with Crippen LogP contribution < -0.4 is 9.47 Å². The Morgan fingerprint density at radius 1 is 1.14 bits per heavy atom. The monoisotopic (exact) mass is 299 g/mol. The van der Waals surface area contributed by atoms with Crippen LogP contribution in [0.3, 0.4) is 0 Å². The summed E-state index contributed by atoms with van der Waals surface area (Å²) in [6.45, 7) is 0. The lowest BCUT2D eigenvalue weighted by molar-refractivity contribution is -0.132. The summed E-state index contributed by atoms with van der Waals surface area (Å²) in [7, 11) is 3.11. The van der Waals surface area contributed by atoms with E-state index in [2.05, 4.69) is 4.98 Å². The summed E-state index contributed by atoms with van der Waals surface area (Å²) in [6, 6.07) is 8.89. The second-order valence-electron chi connectivity index (χ2n) is 4.62. The molecule has 0 radical (unpaired) electrons. The maximum absolute atomic E-state index is 11.4. The number of carbonyl (C=O) groups is 1. The van der Waals surface area contributed by atoms with Crippen LogP contribution in [0.15, 0.2) is 48.3 Å². The minimum atomic E-state index is -0.952. The predicted molar refractivity (Wildman–Crippen MR) is 83.1 cm³/mol. The van der Waals surface area contributed by atoms with E-state index in [0.717, 1.165) is 11.1 Å². The molecule has 0 atom stereocenters. The Bertz CT molecular complexity index is 680. The first kappa shape index (κ1) is 15.6. The van der Waals surface area contributed by atoms with Gasteiger partial charge in [0.2, 0.25) is 0 Å². The van der Waals surface area contributed by atoms with Crippen molar-refractivity contribution >= 4 is 12.0 Å². The first-order valence-corrected chi connectivity index (χ1v) is 6.69. The van der Waals surface area contributed by atoms with Gasteiger partial charge in [-0.2, -0.15) is 0 Å². The fraction of sp³-hybridized carbons (Fsp3) is 0.176. The third-order valence-electron chi connectivity index (χ3n) is 3.16. The standard InChI is InChI=1S/C17H17NO4/c1-21-15-4-3-13(11-16(15)22-2)10-14(17(19)20)9-12-5-7-18-8-6-12/h3-9,11H,10H2,1-2H3,(H,19,20)/b14-9-. The fourth-order valence-electron chi connectivity index (χ4n) is 2.06. The van der Waals surface area contributed by atoms with Crippen LogP contribution in [-0.2, 0) is 11.2 Å². The van der Waals surface area contributed by atoms with E-state index in [-0.39, 0.29) is 6.42 Å². The second kappa shape index (κ2) is 7.26. The summed E-state index contributed by atoms with van der Waals surface area (Å²) in [4.78, 5) is 15.4. The van der Waals surface area contributed by atoms with Gasteiger partial charge in [-0.25, -0.2) is 4.79 Å². The van der Waals surface area contributed by atoms with Crippen molar-refractivity contribution in [1.29, 1.82) is 0 Å². The number of pyridine rings is 1. The number of hydrogen-bond donors (Lipinski definition) is 1. The molecule has 0 saturated heterocycles. The highest BCUT2D eigenvalue weighted by atomic mass is 16.5. The molecule has 0 saturated carbocycles. The molecule has 1 aromatic heterocycles. The molecule has 0 amide bonds. The van der Waals surface area contributed by atoms with Crippen molar-refractivity contribution in [3.63, 3.8) is 0 Å². The first-order chi connectivity index (χ1) is 10.6. The Morgan fingerprint density at radius 3 is 2.41 bits per heavy atom. The number of aliphatic carboxylic acids is 1. The van der Waals surface area contributed by atoms with Crippen molar-refractivity contribution in [2.75, 3.05) is 14.2 Å². The van der Waals surface area contributed by atoms with Crippen molar-refractivity contribution in [3.8, 4) is 11.5 Å². The van der Waals surface area contributed by atoms with E-state index in [1.807, 2.05) is 6.07 Å². The Hall–Kier alpha value is -2.82. The van der Waals surface area contributed by atoms with Gasteiger partial charge in [-0.05, 0) is 41.5 Å². The summed E-state index contributed by atoms with van der Waals surface area (Å²) < 4.78 is 10.4. The zero-order chi connectivity index (χ0) is 15.9. The largest absolute Gasteiger partial charge is 0.493 e. The lowest BCUT2D eigenvalue weighted by Crippen LogP contribution is -2.04. The second-order valence-corrected chi connectivity index (χ2v) is 4.62. The van der Waals surface area contributed by atoms with Gasteiger partial charge < -0.3 is 14.6 Å². The quantitative estimate of drug-likeness (QED) is 0.831. The fourth-order valence-corrected chi connectivity index (χ4v) is 2.06. The minimum absolute atomic E-state index is 0.290. The molecule has 0 bridgehead atoms. The summed E-state index contributed by atoms with van der Waals surface area (Å²) in [6.07, 6.45) is 5.18. The molecule has 5 nitrogen and oxygen atoms in total. The molecule has 5 heteroatoms. The van der Waals surface area contributed by atoms with Gasteiger partial charge >= 0.3 is 5.97 Å². The number of carboxylic acid groups (broad SMARTS) is 1. The topological polar surface area (TPSA) is 68.7 Å². The van der Waals surface area contributed by atoms with E-state index in [9.17, 15) is 9.90 Å². The average molecular weight is 299 g/mol. The smallest absolute Gasteiger partial charge is 0.331 e. The van der Waals surface area contributed by atoms with Crippen molar-refractivity contribution < 1.29 is 19.4 Å². The van der Waals surface area contributed by atoms with Gasteiger partial charge in [-0.15, -0.1) is 0 Å². The normalized spacial score (nSPS) is 11.1. The van der Waals surface area contributed by atoms with Gasteiger partial charge in [-0.3, -0.25) is 4.98 Å². The van der Waals surface area contributed by atoms with Gasteiger partial charge in [-0.1, -0.05) is 6.07 Å². The van der Waals surface area contributed by atoms with E-state index in [4.69, 9.17) is 9.47 Å². The number of nitrogens with zero attached hydrogens (tertiary/aromatic N) is 1. The number of ether oxygens (including phenoxy) is 2. The molecule has 1 N–H and O–H groups in total. The highest BCUT2D eigenvalue weighted by Gasteiger charge is 2.11. The van der Waals surface area contributed by atoms with Crippen LogP contribution in [0.25, 0.3) is 6.08 Å². The van der Waals surface area contributed by atoms with Crippen molar-refractivity contribution in [1.82, 2.24) is 4.98 Å². The Kier molecular flexibility index (Phi) is 5.14. The van der Waals surface area contributed by atoms with E-state index in [0.29, 0.717) is 17.1 Å². The highest BCUT2D eigenvalue weighted by molar-refractivity contribution is 5.92. The molecular formula is C17H17NO4. The highest BCUT2D eigenvalue weighted by Crippen LogP contribution is 2.28. The summed E-state index contributed by atoms with van der Waals surface area (Å²) in [5.41, 5.74) is 1.92. The molecular weight excluding hydrogens is 282 g/mol. The maximum Gasteiger partial charge on any atom is 0.331 e. The third kappa shape index (κ3) is 3.85. The number of rotatable bonds is 6. The molecule has 0 unspecified atom stereocenters. The molecule has 0 fully saturated rings. The Morgan fingerprint density at radius 2 is 1.82 bits per heavy atom. The number of carboxylic acids is 1. The van der Waals surface area contributed by atoms with Crippen molar-refractivity contribution in [3.05, 3.63) is 59.4 Å². The predicted octanol–water partition coefficient (Wildman–Crippen LogP) is 2.81. The van der Waals surface area contributed by atoms with Gasteiger partial charge in [0.15, 0.2) is 11.5 Å². The number of methoxy groups -OCH3 is 2. The van der Waals surface area contributed by atoms with Crippen LogP contribution in [0.4, 0.5) is 0 Å². The molecule has 2 rings (SSSR count). The molecule has 22 heavy (non-hydrogen) atoms.